The monoisotopic (exact) mass is 275 g/mol. The molecule has 0 spiro atoms. The van der Waals surface area contributed by atoms with E-state index in [1.807, 2.05) is 0 Å². The summed E-state index contributed by atoms with van der Waals surface area (Å²) in [6.07, 6.45) is -0.789. The number of alkyl halides is 1. The normalized spacial score (nSPS) is 11.7. The molecule has 1 N–H and O–H groups in total. The summed E-state index contributed by atoms with van der Waals surface area (Å²) >= 11 is 11.0. The second-order valence-electron chi connectivity index (χ2n) is 3.26. The summed E-state index contributed by atoms with van der Waals surface area (Å²) in [6.45, 7) is 1.53. The third kappa shape index (κ3) is 4.63. The van der Waals surface area contributed by atoms with Crippen LogP contribution >= 0.6 is 23.2 Å². The van der Waals surface area contributed by atoms with Gasteiger partial charge in [-0.3, -0.25) is 14.9 Å². The summed E-state index contributed by atoms with van der Waals surface area (Å²) in [7, 11) is 0. The Morgan fingerprint density at radius 1 is 1.35 bits per heavy atom. The van der Waals surface area contributed by atoms with Crippen LogP contribution < -0.4 is 10.1 Å². The highest BCUT2D eigenvalue weighted by atomic mass is 35.5. The van der Waals surface area contributed by atoms with Crippen LogP contribution in [0.5, 0.6) is 5.75 Å². The fraction of sp³-hybridized carbons (Fsp3) is 0.273. The van der Waals surface area contributed by atoms with Crippen molar-refractivity contribution in [2.75, 3.05) is 5.88 Å². The molecule has 0 bridgehead atoms. The number of halogens is 2. The van der Waals surface area contributed by atoms with Gasteiger partial charge in [-0.15, -0.1) is 11.6 Å². The van der Waals surface area contributed by atoms with Crippen LogP contribution in [0.3, 0.4) is 0 Å². The molecule has 4 nitrogen and oxygen atoms in total. The zero-order valence-electron chi connectivity index (χ0n) is 9.07. The van der Waals surface area contributed by atoms with Crippen LogP contribution in [-0.2, 0) is 9.59 Å². The summed E-state index contributed by atoms with van der Waals surface area (Å²) in [5, 5.41) is 2.68. The molecule has 0 radical (unpaired) electrons. The molecule has 0 aromatic heterocycles. The van der Waals surface area contributed by atoms with E-state index in [1.54, 1.807) is 24.3 Å². The van der Waals surface area contributed by atoms with Gasteiger partial charge in [0.1, 0.15) is 11.6 Å². The first-order valence-corrected chi connectivity index (χ1v) is 5.76. The number of hydrogen-bond donors (Lipinski definition) is 1. The Kier molecular flexibility index (Phi) is 5.25. The molecule has 1 unspecified atom stereocenters. The predicted octanol–water partition coefficient (Wildman–Crippen LogP) is 1.99. The molecule has 1 aromatic rings. The largest absolute Gasteiger partial charge is 0.481 e. The number of carbonyl (C=O) groups excluding carboxylic acids is 2. The molecular weight excluding hydrogens is 265 g/mol. The number of hydrogen-bond acceptors (Lipinski definition) is 3. The van der Waals surface area contributed by atoms with Gasteiger partial charge < -0.3 is 4.74 Å². The van der Waals surface area contributed by atoms with E-state index in [4.69, 9.17) is 27.9 Å². The molecular formula is C11H11Cl2NO3. The van der Waals surface area contributed by atoms with Gasteiger partial charge in [0, 0.05) is 5.02 Å². The zero-order valence-corrected chi connectivity index (χ0v) is 10.6. The van der Waals surface area contributed by atoms with Crippen molar-refractivity contribution in [1.82, 2.24) is 5.32 Å². The van der Waals surface area contributed by atoms with E-state index in [0.717, 1.165) is 0 Å². The van der Waals surface area contributed by atoms with Crippen LogP contribution in [0.1, 0.15) is 6.92 Å². The lowest BCUT2D eigenvalue weighted by Crippen LogP contribution is -2.40. The van der Waals surface area contributed by atoms with Gasteiger partial charge in [0.2, 0.25) is 5.91 Å². The molecule has 0 aliphatic heterocycles. The Morgan fingerprint density at radius 3 is 2.47 bits per heavy atom. The molecule has 92 valence electrons. The Morgan fingerprint density at radius 2 is 1.94 bits per heavy atom. The quantitative estimate of drug-likeness (QED) is 0.855. The molecule has 1 atom stereocenters. The van der Waals surface area contributed by atoms with E-state index in [1.165, 1.54) is 6.92 Å². The molecule has 0 aliphatic carbocycles. The van der Waals surface area contributed by atoms with Crippen molar-refractivity contribution >= 4 is 35.0 Å². The van der Waals surface area contributed by atoms with E-state index < -0.39 is 17.9 Å². The van der Waals surface area contributed by atoms with Gasteiger partial charge in [0.15, 0.2) is 6.10 Å². The molecule has 0 aliphatic rings. The Labute approximate surface area is 109 Å². The van der Waals surface area contributed by atoms with Gasteiger partial charge in [-0.2, -0.15) is 0 Å². The van der Waals surface area contributed by atoms with Crippen LogP contribution in [-0.4, -0.2) is 23.8 Å². The molecule has 0 saturated heterocycles. The maximum absolute atomic E-state index is 11.4. The number of ether oxygens (including phenoxy) is 1. The summed E-state index contributed by atoms with van der Waals surface area (Å²) in [6, 6.07) is 6.56. The van der Waals surface area contributed by atoms with E-state index in [-0.39, 0.29) is 5.88 Å². The van der Waals surface area contributed by atoms with Crippen molar-refractivity contribution in [1.29, 1.82) is 0 Å². The van der Waals surface area contributed by atoms with Crippen molar-refractivity contribution in [3.05, 3.63) is 29.3 Å². The summed E-state index contributed by atoms with van der Waals surface area (Å²) in [5.41, 5.74) is 0. The molecule has 0 fully saturated rings. The lowest BCUT2D eigenvalue weighted by Gasteiger charge is -2.13. The minimum atomic E-state index is -0.789. The number of carbonyl (C=O) groups is 2. The van der Waals surface area contributed by atoms with Crippen LogP contribution in [0, 0.1) is 0 Å². The van der Waals surface area contributed by atoms with E-state index in [0.29, 0.717) is 10.8 Å². The summed E-state index contributed by atoms with van der Waals surface area (Å²) < 4.78 is 5.31. The molecule has 1 rings (SSSR count). The third-order valence-electron chi connectivity index (χ3n) is 1.88. The van der Waals surface area contributed by atoms with E-state index >= 15 is 0 Å². The average molecular weight is 276 g/mol. The smallest absolute Gasteiger partial charge is 0.267 e. The first-order chi connectivity index (χ1) is 8.02. The van der Waals surface area contributed by atoms with Crippen LogP contribution in [0.15, 0.2) is 24.3 Å². The third-order valence-corrected chi connectivity index (χ3v) is 2.37. The number of benzene rings is 1. The van der Waals surface area contributed by atoms with Crippen molar-refractivity contribution in [3.63, 3.8) is 0 Å². The van der Waals surface area contributed by atoms with Gasteiger partial charge >= 0.3 is 0 Å². The molecule has 0 heterocycles. The van der Waals surface area contributed by atoms with Gasteiger partial charge in [-0.25, -0.2) is 0 Å². The highest BCUT2D eigenvalue weighted by molar-refractivity contribution is 6.30. The fourth-order valence-corrected chi connectivity index (χ4v) is 1.24. The van der Waals surface area contributed by atoms with Crippen molar-refractivity contribution in [2.45, 2.75) is 13.0 Å². The highest BCUT2D eigenvalue weighted by Gasteiger charge is 2.16. The second kappa shape index (κ2) is 6.47. The second-order valence-corrected chi connectivity index (χ2v) is 3.96. The fourth-order valence-electron chi connectivity index (χ4n) is 1.04. The maximum atomic E-state index is 11.4. The summed E-state index contributed by atoms with van der Waals surface area (Å²) in [5.74, 6) is -0.858. The van der Waals surface area contributed by atoms with Crippen molar-refractivity contribution < 1.29 is 14.3 Å². The first-order valence-electron chi connectivity index (χ1n) is 4.85. The zero-order chi connectivity index (χ0) is 12.8. The van der Waals surface area contributed by atoms with Gasteiger partial charge in [-0.1, -0.05) is 11.6 Å². The van der Waals surface area contributed by atoms with Crippen LogP contribution in [0.25, 0.3) is 0 Å². The lowest BCUT2D eigenvalue weighted by atomic mass is 10.3. The first kappa shape index (κ1) is 13.8. The Hall–Kier alpha value is -1.26. The molecule has 17 heavy (non-hydrogen) atoms. The van der Waals surface area contributed by atoms with E-state index in [2.05, 4.69) is 5.32 Å². The molecule has 2 amide bonds. The predicted molar refractivity (Wildman–Crippen MR) is 65.4 cm³/mol. The minimum Gasteiger partial charge on any atom is -0.481 e. The number of imide groups is 1. The van der Waals surface area contributed by atoms with Crippen molar-refractivity contribution in [3.8, 4) is 5.75 Å². The Balaban J connectivity index is 2.54. The highest BCUT2D eigenvalue weighted by Crippen LogP contribution is 2.16. The summed E-state index contributed by atoms with van der Waals surface area (Å²) in [4.78, 5) is 22.3. The van der Waals surface area contributed by atoms with Gasteiger partial charge in [0.25, 0.3) is 5.91 Å². The average Bonchev–Trinajstić information content (AvgIpc) is 2.31. The van der Waals surface area contributed by atoms with E-state index in [9.17, 15) is 9.59 Å². The SMILES string of the molecule is CC(Oc1ccc(Cl)cc1)C(=O)NC(=O)CCl. The van der Waals surface area contributed by atoms with Crippen LogP contribution in [0.4, 0.5) is 0 Å². The Bertz CT molecular complexity index is 406. The van der Waals surface area contributed by atoms with Gasteiger partial charge in [0.05, 0.1) is 0 Å². The number of rotatable bonds is 4. The van der Waals surface area contributed by atoms with Gasteiger partial charge in [-0.05, 0) is 31.2 Å². The minimum absolute atomic E-state index is 0.264. The molecule has 1 aromatic carbocycles. The van der Waals surface area contributed by atoms with Crippen LogP contribution in [0.2, 0.25) is 5.02 Å². The standard InChI is InChI=1S/C11H11Cl2NO3/c1-7(11(16)14-10(15)6-12)17-9-4-2-8(13)3-5-9/h2-5,7H,6H2,1H3,(H,14,15,16). The molecule has 6 heteroatoms. The molecule has 0 saturated carbocycles. The number of amides is 2. The topological polar surface area (TPSA) is 55.4 Å². The maximum Gasteiger partial charge on any atom is 0.267 e. The lowest BCUT2D eigenvalue weighted by molar-refractivity contribution is -0.133. The number of nitrogens with one attached hydrogen (secondary N) is 1. The van der Waals surface area contributed by atoms with Crippen molar-refractivity contribution in [2.24, 2.45) is 0 Å².